The zero-order valence-corrected chi connectivity index (χ0v) is 8.32. The van der Waals surface area contributed by atoms with E-state index in [0.29, 0.717) is 18.9 Å². The molecule has 0 unspecified atom stereocenters. The van der Waals surface area contributed by atoms with Crippen molar-refractivity contribution >= 4 is 0 Å². The lowest BCUT2D eigenvalue weighted by atomic mass is 9.92. The van der Waals surface area contributed by atoms with Gasteiger partial charge >= 0.3 is 0 Å². The lowest BCUT2D eigenvalue weighted by Crippen LogP contribution is -2.40. The molecule has 0 bridgehead atoms. The molecule has 0 amide bonds. The topological polar surface area (TPSA) is 3.24 Å². The third-order valence-corrected chi connectivity index (χ3v) is 3.70. The summed E-state index contributed by atoms with van der Waals surface area (Å²) in [6, 6.07) is 0.504. The second-order valence-corrected chi connectivity index (χ2v) is 4.79. The molecule has 1 saturated heterocycles. The number of likely N-dealkylation sites (tertiary alicyclic amines) is 1. The van der Waals surface area contributed by atoms with Gasteiger partial charge < -0.3 is 4.90 Å². The number of hydrogen-bond acceptors (Lipinski definition) is 1. The molecular formula is C10H17F2N. The highest BCUT2D eigenvalue weighted by Crippen LogP contribution is 2.65. The molecule has 2 fully saturated rings. The maximum Gasteiger partial charge on any atom is 0.254 e. The summed E-state index contributed by atoms with van der Waals surface area (Å²) >= 11 is 0. The summed E-state index contributed by atoms with van der Waals surface area (Å²) in [5.74, 6) is -2.34. The highest BCUT2D eigenvalue weighted by Gasteiger charge is 2.70. The third-order valence-electron chi connectivity index (χ3n) is 3.70. The SMILES string of the molecule is CC(C)N1CCC2(CC1)CC2(F)F. The van der Waals surface area contributed by atoms with Crippen molar-refractivity contribution in [1.82, 2.24) is 4.90 Å². The molecule has 3 heteroatoms. The van der Waals surface area contributed by atoms with E-state index in [4.69, 9.17) is 0 Å². The zero-order chi connectivity index (χ0) is 9.69. The third kappa shape index (κ3) is 1.37. The Kier molecular flexibility index (Phi) is 1.92. The van der Waals surface area contributed by atoms with E-state index in [1.165, 1.54) is 0 Å². The Balaban J connectivity index is 1.91. The van der Waals surface area contributed by atoms with E-state index in [-0.39, 0.29) is 6.42 Å². The molecule has 1 saturated carbocycles. The Morgan fingerprint density at radius 2 is 1.62 bits per heavy atom. The van der Waals surface area contributed by atoms with E-state index < -0.39 is 11.3 Å². The molecule has 0 aromatic rings. The van der Waals surface area contributed by atoms with E-state index in [1.54, 1.807) is 0 Å². The van der Waals surface area contributed by atoms with Gasteiger partial charge in [0.15, 0.2) is 0 Å². The lowest BCUT2D eigenvalue weighted by molar-refractivity contribution is 0.0255. The minimum absolute atomic E-state index is 0.145. The molecule has 1 heterocycles. The molecule has 76 valence electrons. The zero-order valence-electron chi connectivity index (χ0n) is 8.32. The van der Waals surface area contributed by atoms with Crippen LogP contribution in [-0.2, 0) is 0 Å². The minimum atomic E-state index is -2.34. The van der Waals surface area contributed by atoms with Crippen molar-refractivity contribution in [3.8, 4) is 0 Å². The number of alkyl halides is 2. The maximum atomic E-state index is 13.0. The van der Waals surface area contributed by atoms with Gasteiger partial charge in [0.2, 0.25) is 0 Å². The van der Waals surface area contributed by atoms with Gasteiger partial charge in [-0.1, -0.05) is 0 Å². The van der Waals surface area contributed by atoms with Gasteiger partial charge in [0, 0.05) is 17.9 Å². The van der Waals surface area contributed by atoms with Gasteiger partial charge in [-0.25, -0.2) is 8.78 Å². The maximum absolute atomic E-state index is 13.0. The van der Waals surface area contributed by atoms with Crippen molar-refractivity contribution in [2.75, 3.05) is 13.1 Å². The van der Waals surface area contributed by atoms with Gasteiger partial charge in [0.1, 0.15) is 0 Å². The predicted octanol–water partition coefficient (Wildman–Crippen LogP) is 2.52. The number of rotatable bonds is 1. The first-order valence-electron chi connectivity index (χ1n) is 5.09. The molecule has 1 aliphatic carbocycles. The summed E-state index contributed by atoms with van der Waals surface area (Å²) < 4.78 is 26.0. The molecule has 0 atom stereocenters. The minimum Gasteiger partial charge on any atom is -0.301 e. The van der Waals surface area contributed by atoms with Crippen molar-refractivity contribution in [1.29, 1.82) is 0 Å². The Morgan fingerprint density at radius 3 is 1.92 bits per heavy atom. The van der Waals surface area contributed by atoms with Crippen LogP contribution in [0, 0.1) is 5.41 Å². The summed E-state index contributed by atoms with van der Waals surface area (Å²) in [5.41, 5.74) is -0.585. The summed E-state index contributed by atoms with van der Waals surface area (Å²) in [4.78, 5) is 2.29. The van der Waals surface area contributed by atoms with Crippen molar-refractivity contribution < 1.29 is 8.78 Å². The highest BCUT2D eigenvalue weighted by atomic mass is 19.3. The second-order valence-electron chi connectivity index (χ2n) is 4.79. The van der Waals surface area contributed by atoms with Crippen LogP contribution in [0.1, 0.15) is 33.1 Å². The summed E-state index contributed by atoms with van der Waals surface area (Å²) in [5, 5.41) is 0. The molecule has 2 aliphatic rings. The molecule has 2 rings (SSSR count). The van der Waals surface area contributed by atoms with Crippen LogP contribution >= 0.6 is 0 Å². The lowest BCUT2D eigenvalue weighted by Gasteiger charge is -2.34. The Hall–Kier alpha value is -0.180. The first kappa shape index (κ1) is 9.38. The van der Waals surface area contributed by atoms with Crippen molar-refractivity contribution in [2.45, 2.75) is 45.1 Å². The fourth-order valence-corrected chi connectivity index (χ4v) is 2.39. The second kappa shape index (κ2) is 2.66. The largest absolute Gasteiger partial charge is 0.301 e. The van der Waals surface area contributed by atoms with E-state index in [1.807, 2.05) is 0 Å². The van der Waals surface area contributed by atoms with Crippen molar-refractivity contribution in [3.05, 3.63) is 0 Å². The average Bonchev–Trinajstić information content (AvgIpc) is 2.53. The molecule has 0 aromatic carbocycles. The van der Waals surface area contributed by atoms with E-state index in [0.717, 1.165) is 13.1 Å². The van der Waals surface area contributed by atoms with Crippen LogP contribution in [0.5, 0.6) is 0 Å². The van der Waals surface area contributed by atoms with Gasteiger partial charge in [-0.15, -0.1) is 0 Å². The van der Waals surface area contributed by atoms with Gasteiger partial charge in [-0.3, -0.25) is 0 Å². The average molecular weight is 189 g/mol. The smallest absolute Gasteiger partial charge is 0.254 e. The molecule has 0 aromatic heterocycles. The van der Waals surface area contributed by atoms with Crippen LogP contribution in [-0.4, -0.2) is 30.0 Å². The van der Waals surface area contributed by atoms with E-state index in [2.05, 4.69) is 18.7 Å². The van der Waals surface area contributed by atoms with Gasteiger partial charge in [0.05, 0.1) is 0 Å². The van der Waals surface area contributed by atoms with Crippen LogP contribution in [0.15, 0.2) is 0 Å². The standard InChI is InChI=1S/C10H17F2N/c1-8(2)13-5-3-9(4-6-13)7-10(9,11)12/h8H,3-7H2,1-2H3. The van der Waals surface area contributed by atoms with Crippen LogP contribution in [0.4, 0.5) is 8.78 Å². The number of halogens is 2. The van der Waals surface area contributed by atoms with Gasteiger partial charge in [-0.2, -0.15) is 0 Å². The van der Waals surface area contributed by atoms with Crippen LogP contribution in [0.25, 0.3) is 0 Å². The van der Waals surface area contributed by atoms with Crippen LogP contribution in [0.2, 0.25) is 0 Å². The normalized spacial score (nSPS) is 31.2. The van der Waals surface area contributed by atoms with Gasteiger partial charge in [0.25, 0.3) is 5.92 Å². The molecule has 13 heavy (non-hydrogen) atoms. The molecule has 1 spiro atoms. The Labute approximate surface area is 78.1 Å². The van der Waals surface area contributed by atoms with Crippen molar-refractivity contribution in [3.63, 3.8) is 0 Å². The highest BCUT2D eigenvalue weighted by molar-refractivity contribution is 5.11. The number of hydrogen-bond donors (Lipinski definition) is 0. The fraction of sp³-hybridized carbons (Fsp3) is 1.00. The van der Waals surface area contributed by atoms with E-state index in [9.17, 15) is 8.78 Å². The Bertz CT molecular complexity index is 205. The van der Waals surface area contributed by atoms with E-state index >= 15 is 0 Å². The summed E-state index contributed by atoms with van der Waals surface area (Å²) in [7, 11) is 0. The number of piperidine rings is 1. The molecule has 1 nitrogen and oxygen atoms in total. The fourth-order valence-electron chi connectivity index (χ4n) is 2.39. The van der Waals surface area contributed by atoms with Crippen LogP contribution < -0.4 is 0 Å². The predicted molar refractivity (Wildman–Crippen MR) is 47.9 cm³/mol. The number of nitrogens with zero attached hydrogens (tertiary/aromatic N) is 1. The van der Waals surface area contributed by atoms with Gasteiger partial charge in [-0.05, 0) is 39.8 Å². The van der Waals surface area contributed by atoms with Crippen LogP contribution in [0.3, 0.4) is 0 Å². The first-order valence-corrected chi connectivity index (χ1v) is 5.09. The first-order chi connectivity index (χ1) is 5.97. The monoisotopic (exact) mass is 189 g/mol. The van der Waals surface area contributed by atoms with Crippen molar-refractivity contribution in [2.24, 2.45) is 5.41 Å². The Morgan fingerprint density at radius 1 is 1.15 bits per heavy atom. The molecular weight excluding hydrogens is 172 g/mol. The summed E-state index contributed by atoms with van der Waals surface area (Å²) in [6.45, 7) is 5.96. The molecule has 0 radical (unpaired) electrons. The quantitative estimate of drug-likeness (QED) is 0.612. The molecule has 0 N–H and O–H groups in total. The summed E-state index contributed by atoms with van der Waals surface area (Å²) in [6.07, 6.45) is 1.53. The molecule has 1 aliphatic heterocycles.